The lowest BCUT2D eigenvalue weighted by Crippen LogP contribution is -2.44. The Morgan fingerprint density at radius 3 is 2.62 bits per heavy atom. The van der Waals surface area contributed by atoms with E-state index < -0.39 is 5.41 Å². The van der Waals surface area contributed by atoms with Gasteiger partial charge in [0.05, 0.1) is 5.41 Å². The first-order chi connectivity index (χ1) is 11.7. The lowest BCUT2D eigenvalue weighted by atomic mass is 9.91. The summed E-state index contributed by atoms with van der Waals surface area (Å²) < 4.78 is 16.0. The average Bonchev–Trinajstić information content (AvgIpc) is 3.25. The molecule has 2 aliphatic rings. The van der Waals surface area contributed by atoms with Crippen LogP contribution in [-0.2, 0) is 16.8 Å². The summed E-state index contributed by atoms with van der Waals surface area (Å²) in [5.41, 5.74) is -0.0379. The van der Waals surface area contributed by atoms with E-state index in [2.05, 4.69) is 10.1 Å². The third-order valence-electron chi connectivity index (χ3n) is 5.36. The lowest BCUT2D eigenvalue weighted by molar-refractivity contribution is -0.135. The Bertz CT molecular complexity index is 718. The number of piperidine rings is 1. The molecule has 2 heterocycles. The maximum absolute atomic E-state index is 14.1. The molecule has 1 aliphatic carbocycles. The zero-order valence-corrected chi connectivity index (χ0v) is 13.6. The van der Waals surface area contributed by atoms with Gasteiger partial charge in [-0.25, -0.2) is 9.37 Å². The van der Waals surface area contributed by atoms with Crippen LogP contribution in [0.25, 0.3) is 0 Å². The summed E-state index contributed by atoms with van der Waals surface area (Å²) in [6.45, 7) is 2.34. The van der Waals surface area contributed by atoms with Crippen molar-refractivity contribution in [3.05, 3.63) is 48.3 Å². The van der Waals surface area contributed by atoms with E-state index in [-0.39, 0.29) is 11.7 Å². The van der Waals surface area contributed by atoms with Crippen LogP contribution in [0.4, 0.5) is 4.39 Å². The first-order valence-electron chi connectivity index (χ1n) is 8.56. The van der Waals surface area contributed by atoms with Crippen LogP contribution in [0.5, 0.6) is 0 Å². The molecule has 5 nitrogen and oxygen atoms in total. The Labute approximate surface area is 140 Å². The number of hydrogen-bond acceptors (Lipinski definition) is 3. The van der Waals surface area contributed by atoms with Gasteiger partial charge in [0.1, 0.15) is 18.5 Å². The zero-order chi connectivity index (χ0) is 16.6. The number of nitrogens with zero attached hydrogens (tertiary/aromatic N) is 4. The van der Waals surface area contributed by atoms with Gasteiger partial charge in [0.2, 0.25) is 5.91 Å². The number of halogens is 1. The van der Waals surface area contributed by atoms with Crippen molar-refractivity contribution < 1.29 is 9.18 Å². The van der Waals surface area contributed by atoms with Crippen LogP contribution in [0.2, 0.25) is 0 Å². The van der Waals surface area contributed by atoms with Crippen molar-refractivity contribution >= 4 is 5.91 Å². The van der Waals surface area contributed by atoms with Gasteiger partial charge in [-0.2, -0.15) is 5.10 Å². The van der Waals surface area contributed by atoms with Crippen LogP contribution in [0, 0.1) is 11.7 Å². The van der Waals surface area contributed by atoms with E-state index in [1.807, 2.05) is 15.6 Å². The Balaban J connectivity index is 1.41. The molecule has 0 spiro atoms. The van der Waals surface area contributed by atoms with E-state index in [1.165, 1.54) is 6.07 Å². The van der Waals surface area contributed by atoms with Gasteiger partial charge in [0, 0.05) is 25.2 Å². The molecule has 1 amide bonds. The molecule has 0 unspecified atom stereocenters. The van der Waals surface area contributed by atoms with E-state index in [0.29, 0.717) is 11.5 Å². The topological polar surface area (TPSA) is 51.0 Å². The maximum Gasteiger partial charge on any atom is 0.233 e. The van der Waals surface area contributed by atoms with Gasteiger partial charge in [-0.15, -0.1) is 0 Å². The summed E-state index contributed by atoms with van der Waals surface area (Å²) >= 11 is 0. The van der Waals surface area contributed by atoms with Crippen molar-refractivity contribution in [2.75, 3.05) is 13.1 Å². The number of carbonyl (C=O) groups is 1. The molecule has 4 rings (SSSR count). The van der Waals surface area contributed by atoms with E-state index in [1.54, 1.807) is 24.8 Å². The molecule has 0 bridgehead atoms. The Hall–Kier alpha value is -2.24. The summed E-state index contributed by atoms with van der Waals surface area (Å²) in [7, 11) is 0. The predicted octanol–water partition coefficient (Wildman–Crippen LogP) is 2.39. The van der Waals surface area contributed by atoms with Crippen molar-refractivity contribution in [2.24, 2.45) is 5.92 Å². The molecule has 2 fully saturated rings. The Morgan fingerprint density at radius 1 is 1.25 bits per heavy atom. The van der Waals surface area contributed by atoms with Crippen molar-refractivity contribution in [3.8, 4) is 0 Å². The summed E-state index contributed by atoms with van der Waals surface area (Å²) in [5, 5.41) is 4.15. The smallest absolute Gasteiger partial charge is 0.233 e. The number of aromatic nitrogens is 3. The maximum atomic E-state index is 14.1. The van der Waals surface area contributed by atoms with Crippen molar-refractivity contribution in [2.45, 2.75) is 37.6 Å². The molecule has 1 saturated heterocycles. The SMILES string of the molecule is O=C(N1CCC(Cn2cncn2)CC1)C1(c2ccccc2F)CC1. The van der Waals surface area contributed by atoms with Gasteiger partial charge < -0.3 is 4.90 Å². The highest BCUT2D eigenvalue weighted by molar-refractivity contribution is 5.91. The standard InChI is InChI=1S/C18H21FN4O/c19-16-4-2-1-3-15(16)18(7-8-18)17(24)22-9-5-14(6-10-22)11-23-13-20-12-21-23/h1-4,12-14H,5-11H2. The van der Waals surface area contributed by atoms with Gasteiger partial charge in [-0.05, 0) is 37.7 Å². The number of likely N-dealkylation sites (tertiary alicyclic amines) is 1. The molecule has 0 N–H and O–H groups in total. The van der Waals surface area contributed by atoms with E-state index in [9.17, 15) is 9.18 Å². The van der Waals surface area contributed by atoms with Crippen LogP contribution >= 0.6 is 0 Å². The fourth-order valence-electron chi connectivity index (χ4n) is 3.79. The van der Waals surface area contributed by atoms with Gasteiger partial charge in [0.15, 0.2) is 0 Å². The fraction of sp³-hybridized carbons (Fsp3) is 0.500. The van der Waals surface area contributed by atoms with E-state index in [4.69, 9.17) is 0 Å². The van der Waals surface area contributed by atoms with Crippen molar-refractivity contribution in [1.29, 1.82) is 0 Å². The van der Waals surface area contributed by atoms with Crippen LogP contribution in [-0.4, -0.2) is 38.7 Å². The minimum atomic E-state index is -0.607. The second kappa shape index (κ2) is 6.00. The highest BCUT2D eigenvalue weighted by Gasteiger charge is 2.54. The quantitative estimate of drug-likeness (QED) is 0.866. The van der Waals surface area contributed by atoms with Crippen LogP contribution < -0.4 is 0 Å². The second-order valence-corrected chi connectivity index (χ2v) is 6.92. The highest BCUT2D eigenvalue weighted by Crippen LogP contribution is 2.50. The van der Waals surface area contributed by atoms with Crippen LogP contribution in [0.1, 0.15) is 31.2 Å². The molecule has 1 aliphatic heterocycles. The molecule has 0 atom stereocenters. The number of benzene rings is 1. The Kier molecular flexibility index (Phi) is 3.82. The number of rotatable bonds is 4. The number of amides is 1. The lowest BCUT2D eigenvalue weighted by Gasteiger charge is -2.34. The average molecular weight is 328 g/mol. The normalized spacial score (nSPS) is 20.1. The molecule has 6 heteroatoms. The second-order valence-electron chi connectivity index (χ2n) is 6.92. The first kappa shape index (κ1) is 15.3. The molecule has 24 heavy (non-hydrogen) atoms. The monoisotopic (exact) mass is 328 g/mol. The number of hydrogen-bond donors (Lipinski definition) is 0. The third kappa shape index (κ3) is 2.70. The van der Waals surface area contributed by atoms with Gasteiger partial charge >= 0.3 is 0 Å². The summed E-state index contributed by atoms with van der Waals surface area (Å²) in [6, 6.07) is 6.70. The first-order valence-corrected chi connectivity index (χ1v) is 8.56. The van der Waals surface area contributed by atoms with E-state index in [0.717, 1.165) is 45.3 Å². The summed E-state index contributed by atoms with van der Waals surface area (Å²) in [5.74, 6) is 0.357. The fourth-order valence-corrected chi connectivity index (χ4v) is 3.79. The minimum Gasteiger partial charge on any atom is -0.342 e. The zero-order valence-electron chi connectivity index (χ0n) is 13.6. The molecule has 1 aromatic carbocycles. The number of carbonyl (C=O) groups excluding carboxylic acids is 1. The molecule has 1 aromatic heterocycles. The largest absolute Gasteiger partial charge is 0.342 e. The molecule has 0 radical (unpaired) electrons. The molecule has 1 saturated carbocycles. The minimum absolute atomic E-state index is 0.104. The van der Waals surface area contributed by atoms with Crippen LogP contribution in [0.15, 0.2) is 36.9 Å². The van der Waals surface area contributed by atoms with Crippen LogP contribution in [0.3, 0.4) is 0 Å². The van der Waals surface area contributed by atoms with Gasteiger partial charge in [-0.1, -0.05) is 18.2 Å². The predicted molar refractivity (Wildman–Crippen MR) is 86.6 cm³/mol. The molecule has 2 aromatic rings. The van der Waals surface area contributed by atoms with Crippen molar-refractivity contribution in [3.63, 3.8) is 0 Å². The van der Waals surface area contributed by atoms with E-state index >= 15 is 0 Å². The molecular formula is C18H21FN4O. The Morgan fingerprint density at radius 2 is 2.00 bits per heavy atom. The third-order valence-corrected chi connectivity index (χ3v) is 5.36. The van der Waals surface area contributed by atoms with Gasteiger partial charge in [0.25, 0.3) is 0 Å². The molecule has 126 valence electrons. The van der Waals surface area contributed by atoms with Crippen molar-refractivity contribution in [1.82, 2.24) is 19.7 Å². The molecular weight excluding hydrogens is 307 g/mol. The summed E-state index contributed by atoms with van der Waals surface area (Å²) in [6.07, 6.45) is 6.70. The summed E-state index contributed by atoms with van der Waals surface area (Å²) in [4.78, 5) is 18.9. The van der Waals surface area contributed by atoms with Gasteiger partial charge in [-0.3, -0.25) is 9.48 Å². The highest BCUT2D eigenvalue weighted by atomic mass is 19.1.